The Labute approximate surface area is 159 Å². The monoisotopic (exact) mass is 379 g/mol. The number of carbonyl (C=O) groups is 1. The van der Waals surface area contributed by atoms with Gasteiger partial charge in [0, 0.05) is 6.54 Å². The average Bonchev–Trinajstić information content (AvgIpc) is 3.35. The van der Waals surface area contributed by atoms with E-state index in [1.807, 2.05) is 12.1 Å². The van der Waals surface area contributed by atoms with Gasteiger partial charge in [-0.3, -0.25) is 0 Å². The van der Waals surface area contributed by atoms with Crippen molar-refractivity contribution in [2.45, 2.75) is 12.8 Å². The van der Waals surface area contributed by atoms with Crippen LogP contribution >= 0.6 is 0 Å². The summed E-state index contributed by atoms with van der Waals surface area (Å²) in [5.74, 6) is 0.834. The van der Waals surface area contributed by atoms with Crippen LogP contribution in [0.4, 0.5) is 11.9 Å². The number of furan rings is 1. The third-order valence-corrected chi connectivity index (χ3v) is 4.10. The van der Waals surface area contributed by atoms with E-state index < -0.39 is 5.97 Å². The Morgan fingerprint density at radius 3 is 2.71 bits per heavy atom. The summed E-state index contributed by atoms with van der Waals surface area (Å²) in [5, 5.41) is 16.3. The van der Waals surface area contributed by atoms with E-state index in [0.29, 0.717) is 29.9 Å². The van der Waals surface area contributed by atoms with Crippen molar-refractivity contribution < 1.29 is 14.3 Å². The molecule has 142 valence electrons. The lowest BCUT2D eigenvalue weighted by atomic mass is 10.1. The van der Waals surface area contributed by atoms with Gasteiger partial charge in [-0.25, -0.2) is 4.79 Å². The SMILES string of the molecule is Nc1nc(NCCCc2ccc(C(=O)O)cc2)nc2nc(-c3ccco3)nn12. The summed E-state index contributed by atoms with van der Waals surface area (Å²) >= 11 is 0. The van der Waals surface area contributed by atoms with Crippen LogP contribution in [-0.2, 0) is 6.42 Å². The third-order valence-electron chi connectivity index (χ3n) is 4.10. The molecule has 3 aromatic heterocycles. The molecule has 28 heavy (non-hydrogen) atoms. The number of carboxylic acids is 1. The number of nitrogens with zero attached hydrogens (tertiary/aromatic N) is 5. The Bertz CT molecular complexity index is 1100. The number of aryl methyl sites for hydroxylation is 1. The molecule has 0 spiro atoms. The quantitative estimate of drug-likeness (QED) is 0.411. The van der Waals surface area contributed by atoms with Crippen molar-refractivity contribution in [2.24, 2.45) is 0 Å². The van der Waals surface area contributed by atoms with Gasteiger partial charge in [-0.2, -0.15) is 19.5 Å². The van der Waals surface area contributed by atoms with Crippen molar-refractivity contribution in [3.05, 3.63) is 53.8 Å². The smallest absolute Gasteiger partial charge is 0.335 e. The second-order valence-electron chi connectivity index (χ2n) is 6.06. The van der Waals surface area contributed by atoms with Crippen molar-refractivity contribution in [3.8, 4) is 11.6 Å². The predicted octanol–water partition coefficient (Wildman–Crippen LogP) is 2.10. The summed E-state index contributed by atoms with van der Waals surface area (Å²) in [6.07, 6.45) is 3.14. The molecular weight excluding hydrogens is 362 g/mol. The summed E-state index contributed by atoms with van der Waals surface area (Å²) in [6, 6.07) is 10.3. The van der Waals surface area contributed by atoms with E-state index >= 15 is 0 Å². The first-order chi connectivity index (χ1) is 13.6. The van der Waals surface area contributed by atoms with Crippen molar-refractivity contribution in [3.63, 3.8) is 0 Å². The summed E-state index contributed by atoms with van der Waals surface area (Å²) < 4.78 is 6.64. The van der Waals surface area contributed by atoms with E-state index in [1.165, 1.54) is 10.8 Å². The molecule has 0 aliphatic heterocycles. The molecule has 10 nitrogen and oxygen atoms in total. The number of fused-ring (bicyclic) bond motifs is 1. The number of nitrogens with two attached hydrogens (primary N) is 1. The van der Waals surface area contributed by atoms with E-state index in [2.05, 4.69) is 25.4 Å². The van der Waals surface area contributed by atoms with E-state index in [-0.39, 0.29) is 11.5 Å². The first-order valence-corrected chi connectivity index (χ1v) is 8.60. The first kappa shape index (κ1) is 17.5. The lowest BCUT2D eigenvalue weighted by Crippen LogP contribution is -2.11. The highest BCUT2D eigenvalue weighted by molar-refractivity contribution is 5.87. The molecule has 1 aromatic carbocycles. The van der Waals surface area contributed by atoms with Gasteiger partial charge in [0.1, 0.15) is 0 Å². The Balaban J connectivity index is 1.38. The maximum Gasteiger partial charge on any atom is 0.335 e. The Morgan fingerprint density at radius 2 is 2.00 bits per heavy atom. The molecule has 3 heterocycles. The highest BCUT2D eigenvalue weighted by Gasteiger charge is 2.13. The Morgan fingerprint density at radius 1 is 1.18 bits per heavy atom. The average molecular weight is 379 g/mol. The number of rotatable bonds is 7. The number of carboxylic acid groups (broad SMARTS) is 1. The molecule has 0 saturated carbocycles. The second kappa shape index (κ2) is 7.35. The summed E-state index contributed by atoms with van der Waals surface area (Å²) in [7, 11) is 0. The minimum absolute atomic E-state index is 0.169. The molecule has 0 saturated heterocycles. The number of nitrogens with one attached hydrogen (secondary N) is 1. The van der Waals surface area contributed by atoms with Crippen LogP contribution in [0, 0.1) is 0 Å². The molecule has 0 atom stereocenters. The summed E-state index contributed by atoms with van der Waals surface area (Å²) in [4.78, 5) is 23.7. The van der Waals surface area contributed by atoms with Gasteiger partial charge in [-0.05, 0) is 42.7 Å². The summed E-state index contributed by atoms with van der Waals surface area (Å²) in [5.41, 5.74) is 7.29. The zero-order valence-corrected chi connectivity index (χ0v) is 14.7. The molecule has 0 radical (unpaired) electrons. The number of anilines is 2. The van der Waals surface area contributed by atoms with E-state index in [4.69, 9.17) is 15.3 Å². The number of hydrogen-bond donors (Lipinski definition) is 3. The fourth-order valence-electron chi connectivity index (χ4n) is 2.70. The number of benzene rings is 1. The van der Waals surface area contributed by atoms with E-state index in [9.17, 15) is 4.79 Å². The van der Waals surface area contributed by atoms with Crippen LogP contribution in [0.25, 0.3) is 17.4 Å². The van der Waals surface area contributed by atoms with Gasteiger partial charge < -0.3 is 20.6 Å². The second-order valence-corrected chi connectivity index (χ2v) is 6.06. The van der Waals surface area contributed by atoms with E-state index in [1.54, 1.807) is 24.3 Å². The topological polar surface area (TPSA) is 144 Å². The third kappa shape index (κ3) is 3.61. The molecule has 0 amide bonds. The van der Waals surface area contributed by atoms with Gasteiger partial charge in [0.15, 0.2) is 5.76 Å². The van der Waals surface area contributed by atoms with E-state index in [0.717, 1.165) is 18.4 Å². The number of aromatic carboxylic acids is 1. The van der Waals surface area contributed by atoms with Crippen LogP contribution < -0.4 is 11.1 Å². The van der Waals surface area contributed by atoms with Gasteiger partial charge in [0.25, 0.3) is 5.78 Å². The number of nitrogen functional groups attached to an aromatic ring is 1. The number of hydrogen-bond acceptors (Lipinski definition) is 8. The van der Waals surface area contributed by atoms with Gasteiger partial charge >= 0.3 is 5.97 Å². The van der Waals surface area contributed by atoms with Crippen molar-refractivity contribution in [2.75, 3.05) is 17.6 Å². The van der Waals surface area contributed by atoms with Crippen molar-refractivity contribution >= 4 is 23.6 Å². The molecule has 0 unspecified atom stereocenters. The first-order valence-electron chi connectivity index (χ1n) is 8.60. The van der Waals surface area contributed by atoms with Crippen LogP contribution in [0.5, 0.6) is 0 Å². The van der Waals surface area contributed by atoms with Gasteiger partial charge in [0.2, 0.25) is 17.7 Å². The number of aromatic nitrogens is 5. The normalized spacial score (nSPS) is 11.0. The lowest BCUT2D eigenvalue weighted by Gasteiger charge is -2.06. The maximum atomic E-state index is 10.9. The van der Waals surface area contributed by atoms with Crippen LogP contribution in [0.1, 0.15) is 22.3 Å². The van der Waals surface area contributed by atoms with Gasteiger partial charge in [-0.1, -0.05) is 12.1 Å². The highest BCUT2D eigenvalue weighted by atomic mass is 16.4. The molecule has 4 N–H and O–H groups in total. The predicted molar refractivity (Wildman–Crippen MR) is 101 cm³/mol. The summed E-state index contributed by atoms with van der Waals surface area (Å²) in [6.45, 7) is 0.621. The van der Waals surface area contributed by atoms with Gasteiger partial charge in [0.05, 0.1) is 11.8 Å². The van der Waals surface area contributed by atoms with Crippen LogP contribution in [0.3, 0.4) is 0 Å². The molecule has 0 aliphatic carbocycles. The standard InChI is InChI=1S/C18H17N7O3/c19-16-22-17(20-9-1-3-11-5-7-12(8-6-11)15(26)27)23-18-21-14(24-25(16)18)13-4-2-10-28-13/h2,4-8,10H,1,3,9H2,(H,26,27)(H3,19,20,21,22,23,24). The van der Waals surface area contributed by atoms with Crippen LogP contribution in [0.2, 0.25) is 0 Å². The maximum absolute atomic E-state index is 10.9. The minimum Gasteiger partial charge on any atom is -0.478 e. The van der Waals surface area contributed by atoms with Crippen molar-refractivity contribution in [1.29, 1.82) is 0 Å². The molecule has 4 aromatic rings. The molecule has 4 rings (SSSR count). The highest BCUT2D eigenvalue weighted by Crippen LogP contribution is 2.17. The van der Waals surface area contributed by atoms with Gasteiger partial charge in [-0.15, -0.1) is 5.10 Å². The molecule has 0 aliphatic rings. The fraction of sp³-hybridized carbons (Fsp3) is 0.167. The van der Waals surface area contributed by atoms with Crippen LogP contribution in [-0.4, -0.2) is 42.2 Å². The zero-order chi connectivity index (χ0) is 19.5. The van der Waals surface area contributed by atoms with Crippen LogP contribution in [0.15, 0.2) is 47.1 Å². The Hall–Kier alpha value is -3.95. The molecule has 0 bridgehead atoms. The largest absolute Gasteiger partial charge is 0.478 e. The molecule has 0 fully saturated rings. The molecule has 10 heteroatoms. The minimum atomic E-state index is -0.929. The zero-order valence-electron chi connectivity index (χ0n) is 14.7. The lowest BCUT2D eigenvalue weighted by molar-refractivity contribution is 0.0697. The fourth-order valence-corrected chi connectivity index (χ4v) is 2.70. The van der Waals surface area contributed by atoms with Crippen molar-refractivity contribution in [1.82, 2.24) is 24.6 Å². The molecular formula is C18H17N7O3. The Kier molecular flexibility index (Phi) is 4.58.